The number of carbonyl (C=O) groups excluding carboxylic acids is 2. The molecule has 1 unspecified atom stereocenters. The Balaban J connectivity index is 4.35. The molecule has 0 saturated carbocycles. The van der Waals surface area contributed by atoms with Gasteiger partial charge in [0.05, 0.1) is 20.3 Å². The monoisotopic (exact) mass is 304 g/mol. The minimum absolute atomic E-state index is 0.0927. The third kappa shape index (κ3) is 9.25. The molecule has 1 N–H and O–H groups in total. The number of hydrogen-bond acceptors (Lipinski definition) is 5. The summed E-state index contributed by atoms with van der Waals surface area (Å²) in [5.41, 5.74) is 0. The Kier molecular flexibility index (Phi) is 11.6. The number of unbranched alkanes of at least 4 members (excludes halogenated alkanes) is 2. The van der Waals surface area contributed by atoms with Crippen molar-refractivity contribution in [2.45, 2.75) is 45.6 Å². The summed E-state index contributed by atoms with van der Waals surface area (Å²) < 4.78 is 10.4. The first-order valence-electron chi connectivity index (χ1n) is 7.39. The molecule has 1 atom stereocenters. The topological polar surface area (TPSA) is 77.1 Å². The molecule has 0 aliphatic carbocycles. The number of ether oxygens (including phenoxy) is 2. The van der Waals surface area contributed by atoms with E-state index in [1.165, 1.54) is 14.2 Å². The molecule has 0 spiro atoms. The van der Waals surface area contributed by atoms with Crippen molar-refractivity contribution >= 4 is 12.0 Å². The Morgan fingerprint density at radius 2 is 1.76 bits per heavy atom. The van der Waals surface area contributed by atoms with Gasteiger partial charge in [0.15, 0.2) is 0 Å². The fourth-order valence-corrected chi connectivity index (χ4v) is 1.42. The van der Waals surface area contributed by atoms with Gasteiger partial charge in [-0.15, -0.1) is 0 Å². The predicted octanol–water partition coefficient (Wildman–Crippen LogP) is 1.72. The van der Waals surface area contributed by atoms with Crippen LogP contribution in [0.5, 0.6) is 0 Å². The van der Waals surface area contributed by atoms with E-state index in [-0.39, 0.29) is 12.5 Å². The molecule has 7 nitrogen and oxygen atoms in total. The van der Waals surface area contributed by atoms with Crippen molar-refractivity contribution in [3.63, 3.8) is 0 Å². The highest BCUT2D eigenvalue weighted by Crippen LogP contribution is 1.98. The van der Waals surface area contributed by atoms with E-state index in [4.69, 9.17) is 14.3 Å². The van der Waals surface area contributed by atoms with Gasteiger partial charge in [-0.2, -0.15) is 0 Å². The molecule has 124 valence electrons. The van der Waals surface area contributed by atoms with Crippen LogP contribution in [-0.2, 0) is 19.1 Å². The molecule has 0 aliphatic rings. The van der Waals surface area contributed by atoms with Crippen molar-refractivity contribution in [1.82, 2.24) is 10.4 Å². The summed E-state index contributed by atoms with van der Waals surface area (Å²) in [7, 11) is 2.86. The van der Waals surface area contributed by atoms with Crippen LogP contribution in [0.2, 0.25) is 0 Å². The van der Waals surface area contributed by atoms with Crippen LogP contribution in [0.4, 0.5) is 4.79 Å². The van der Waals surface area contributed by atoms with E-state index >= 15 is 0 Å². The minimum atomic E-state index is -0.819. The Morgan fingerprint density at radius 1 is 1.14 bits per heavy atom. The Hall–Kier alpha value is -1.34. The molecule has 21 heavy (non-hydrogen) atoms. The second-order valence-corrected chi connectivity index (χ2v) is 4.63. The summed E-state index contributed by atoms with van der Waals surface area (Å²) in [5.74, 6) is -0.388. The summed E-state index contributed by atoms with van der Waals surface area (Å²) in [6.07, 6.45) is 3.01. The number of nitrogens with one attached hydrogen (secondary N) is 1. The van der Waals surface area contributed by atoms with Crippen molar-refractivity contribution in [2.75, 3.05) is 34.0 Å². The van der Waals surface area contributed by atoms with E-state index in [9.17, 15) is 9.59 Å². The SMILES string of the molecule is CCCCOCC(NC(=O)OCCCC)C(=O)N(C)OC. The fraction of sp³-hybridized carbons (Fsp3) is 0.857. The van der Waals surface area contributed by atoms with Crippen molar-refractivity contribution in [3.05, 3.63) is 0 Å². The highest BCUT2D eigenvalue weighted by molar-refractivity contribution is 5.84. The van der Waals surface area contributed by atoms with Gasteiger partial charge in [-0.05, 0) is 12.8 Å². The number of rotatable bonds is 11. The van der Waals surface area contributed by atoms with Gasteiger partial charge in [-0.1, -0.05) is 26.7 Å². The molecular formula is C14H28N2O5. The molecule has 0 aliphatic heterocycles. The summed E-state index contributed by atoms with van der Waals surface area (Å²) in [4.78, 5) is 28.5. The van der Waals surface area contributed by atoms with E-state index in [0.29, 0.717) is 13.2 Å². The maximum atomic E-state index is 12.1. The average Bonchev–Trinajstić information content (AvgIpc) is 2.49. The van der Waals surface area contributed by atoms with Crippen molar-refractivity contribution < 1.29 is 23.9 Å². The van der Waals surface area contributed by atoms with Crippen molar-refractivity contribution in [2.24, 2.45) is 0 Å². The van der Waals surface area contributed by atoms with Gasteiger partial charge < -0.3 is 14.8 Å². The predicted molar refractivity (Wildman–Crippen MR) is 78.7 cm³/mol. The lowest BCUT2D eigenvalue weighted by molar-refractivity contribution is -0.172. The third-order valence-corrected chi connectivity index (χ3v) is 2.83. The Labute approximate surface area is 126 Å². The van der Waals surface area contributed by atoms with Crippen LogP contribution in [0.1, 0.15) is 39.5 Å². The number of likely N-dealkylation sites (N-methyl/N-ethyl adjacent to an activating group) is 1. The fourth-order valence-electron chi connectivity index (χ4n) is 1.42. The second-order valence-electron chi connectivity index (χ2n) is 4.63. The molecule has 0 aromatic heterocycles. The minimum Gasteiger partial charge on any atom is -0.450 e. The number of hydrogen-bond donors (Lipinski definition) is 1. The first kappa shape index (κ1) is 19.7. The summed E-state index contributed by atoms with van der Waals surface area (Å²) in [6.45, 7) is 5.02. The standard InChI is InChI=1S/C14H28N2O5/c1-5-7-9-20-11-12(13(17)16(3)19-4)15-14(18)21-10-8-6-2/h12H,5-11H2,1-4H3,(H,15,18). The van der Waals surface area contributed by atoms with Gasteiger partial charge in [-0.3, -0.25) is 9.63 Å². The van der Waals surface area contributed by atoms with Gasteiger partial charge in [0.2, 0.25) is 0 Å². The van der Waals surface area contributed by atoms with Gasteiger partial charge in [0.1, 0.15) is 6.04 Å². The average molecular weight is 304 g/mol. The van der Waals surface area contributed by atoms with Gasteiger partial charge in [0.25, 0.3) is 5.91 Å². The van der Waals surface area contributed by atoms with Crippen molar-refractivity contribution in [1.29, 1.82) is 0 Å². The molecule has 0 heterocycles. The lowest BCUT2D eigenvalue weighted by Crippen LogP contribution is -2.49. The summed E-state index contributed by atoms with van der Waals surface area (Å²) in [5, 5.41) is 3.57. The van der Waals surface area contributed by atoms with Crippen LogP contribution >= 0.6 is 0 Å². The van der Waals surface area contributed by atoms with E-state index in [1.54, 1.807) is 0 Å². The number of nitrogens with zero attached hydrogens (tertiary/aromatic N) is 1. The zero-order valence-corrected chi connectivity index (χ0v) is 13.5. The Morgan fingerprint density at radius 3 is 2.33 bits per heavy atom. The molecule has 0 radical (unpaired) electrons. The molecular weight excluding hydrogens is 276 g/mol. The van der Waals surface area contributed by atoms with Gasteiger partial charge in [0, 0.05) is 13.7 Å². The molecule has 0 aromatic rings. The van der Waals surface area contributed by atoms with Crippen LogP contribution < -0.4 is 5.32 Å². The molecule has 0 rings (SSSR count). The van der Waals surface area contributed by atoms with Gasteiger partial charge >= 0.3 is 6.09 Å². The molecule has 0 fully saturated rings. The van der Waals surface area contributed by atoms with Crippen LogP contribution in [0.25, 0.3) is 0 Å². The van der Waals surface area contributed by atoms with E-state index in [0.717, 1.165) is 30.7 Å². The van der Waals surface area contributed by atoms with Crippen LogP contribution in [0, 0.1) is 0 Å². The first-order valence-corrected chi connectivity index (χ1v) is 7.39. The maximum Gasteiger partial charge on any atom is 0.407 e. The van der Waals surface area contributed by atoms with Crippen LogP contribution in [0.3, 0.4) is 0 Å². The van der Waals surface area contributed by atoms with Gasteiger partial charge in [-0.25, -0.2) is 9.86 Å². The highest BCUT2D eigenvalue weighted by atomic mass is 16.7. The smallest absolute Gasteiger partial charge is 0.407 e. The highest BCUT2D eigenvalue weighted by Gasteiger charge is 2.25. The zero-order valence-electron chi connectivity index (χ0n) is 13.5. The largest absolute Gasteiger partial charge is 0.450 e. The molecule has 0 aromatic carbocycles. The van der Waals surface area contributed by atoms with Crippen molar-refractivity contribution in [3.8, 4) is 0 Å². The number of alkyl carbamates (subject to hydrolysis) is 1. The Bertz CT molecular complexity index is 299. The molecule has 0 saturated heterocycles. The normalized spacial score (nSPS) is 11.8. The maximum absolute atomic E-state index is 12.1. The second kappa shape index (κ2) is 12.4. The van der Waals surface area contributed by atoms with E-state index in [2.05, 4.69) is 5.32 Å². The first-order chi connectivity index (χ1) is 10.1. The molecule has 0 bridgehead atoms. The summed E-state index contributed by atoms with van der Waals surface area (Å²) in [6, 6.07) is -0.819. The van der Waals surface area contributed by atoms with Crippen LogP contribution in [0.15, 0.2) is 0 Å². The third-order valence-electron chi connectivity index (χ3n) is 2.83. The number of amides is 2. The van der Waals surface area contributed by atoms with E-state index in [1.807, 2.05) is 13.8 Å². The lowest BCUT2D eigenvalue weighted by Gasteiger charge is -2.22. The number of carbonyl (C=O) groups is 2. The molecule has 7 heteroatoms. The lowest BCUT2D eigenvalue weighted by atomic mass is 10.3. The summed E-state index contributed by atoms with van der Waals surface area (Å²) >= 11 is 0. The van der Waals surface area contributed by atoms with E-state index < -0.39 is 12.1 Å². The molecule has 2 amide bonds. The quantitative estimate of drug-likeness (QED) is 0.464. The zero-order chi connectivity index (χ0) is 16.1. The van der Waals surface area contributed by atoms with Crippen LogP contribution in [-0.4, -0.2) is 57.1 Å². The number of hydroxylamine groups is 2.